The molecule has 0 radical (unpaired) electrons. The quantitative estimate of drug-likeness (QED) is 0.289. The number of benzene rings is 2. The zero-order chi connectivity index (χ0) is 22.4. The summed E-state index contributed by atoms with van der Waals surface area (Å²) in [5, 5.41) is 0.930. The minimum atomic E-state index is -0.210. The smallest absolute Gasteiger partial charge is 0.266 e. The molecule has 0 N–H and O–H groups in total. The van der Waals surface area contributed by atoms with Crippen LogP contribution in [-0.4, -0.2) is 46.3 Å². The summed E-state index contributed by atoms with van der Waals surface area (Å²) < 4.78 is 7.04. The first-order chi connectivity index (χ1) is 15.0. The summed E-state index contributed by atoms with van der Waals surface area (Å²) in [7, 11) is 1.56. The third-order valence-electron chi connectivity index (χ3n) is 4.70. The number of fused-ring (bicyclic) bond motifs is 1. The van der Waals surface area contributed by atoms with E-state index in [2.05, 4.69) is 13.2 Å². The molecule has 0 aliphatic carbocycles. The first-order valence-electron chi connectivity index (χ1n) is 9.79. The molecule has 1 aromatic heterocycles. The number of aromatic nitrogens is 2. The number of rotatable bonds is 9. The number of para-hydroxylation sites is 1. The molecule has 0 saturated heterocycles. The average molecular weight is 436 g/mol. The third kappa shape index (κ3) is 4.88. The van der Waals surface area contributed by atoms with Crippen LogP contribution in [0.15, 0.2) is 77.7 Å². The minimum absolute atomic E-state index is 0.0880. The molecule has 0 bridgehead atoms. The van der Waals surface area contributed by atoms with Crippen molar-refractivity contribution in [2.75, 3.05) is 26.0 Å². The van der Waals surface area contributed by atoms with Gasteiger partial charge in [-0.05, 0) is 36.8 Å². The fraction of sp³-hybridized carbons (Fsp3) is 0.208. The van der Waals surface area contributed by atoms with E-state index in [4.69, 9.17) is 9.72 Å². The molecule has 1 heterocycles. The second kappa shape index (κ2) is 10.1. The van der Waals surface area contributed by atoms with Gasteiger partial charge in [0.1, 0.15) is 5.75 Å². The molecule has 0 atom stereocenters. The second-order valence-electron chi connectivity index (χ2n) is 6.89. The van der Waals surface area contributed by atoms with Crippen LogP contribution in [0.1, 0.15) is 5.56 Å². The van der Waals surface area contributed by atoms with Crippen molar-refractivity contribution in [3.63, 3.8) is 0 Å². The maximum absolute atomic E-state index is 13.4. The van der Waals surface area contributed by atoms with E-state index < -0.39 is 0 Å². The lowest BCUT2D eigenvalue weighted by Gasteiger charge is -2.20. The topological polar surface area (TPSA) is 64.4 Å². The molecule has 3 aromatic rings. The van der Waals surface area contributed by atoms with Crippen LogP contribution in [0.5, 0.6) is 5.75 Å². The van der Waals surface area contributed by atoms with Crippen molar-refractivity contribution in [1.82, 2.24) is 14.5 Å². The highest BCUT2D eigenvalue weighted by Crippen LogP contribution is 2.28. The van der Waals surface area contributed by atoms with Crippen LogP contribution in [0.4, 0.5) is 0 Å². The molecule has 160 valence electrons. The molecule has 0 unspecified atom stereocenters. The maximum atomic E-state index is 13.4. The Morgan fingerprint density at radius 1 is 1.19 bits per heavy atom. The number of ether oxygens (including phenoxy) is 1. The van der Waals surface area contributed by atoms with Gasteiger partial charge in [-0.1, -0.05) is 42.1 Å². The van der Waals surface area contributed by atoms with Gasteiger partial charge in [0, 0.05) is 13.1 Å². The van der Waals surface area contributed by atoms with Crippen LogP contribution >= 0.6 is 11.8 Å². The Morgan fingerprint density at radius 3 is 2.58 bits per heavy atom. The lowest BCUT2D eigenvalue weighted by atomic mass is 10.2. The molecule has 3 rings (SSSR count). The zero-order valence-corrected chi connectivity index (χ0v) is 18.5. The number of amides is 1. The summed E-state index contributed by atoms with van der Waals surface area (Å²) in [4.78, 5) is 32.5. The number of methoxy groups -OCH3 is 1. The summed E-state index contributed by atoms with van der Waals surface area (Å²) in [6, 6.07) is 12.8. The van der Waals surface area contributed by atoms with E-state index in [1.54, 1.807) is 36.3 Å². The summed E-state index contributed by atoms with van der Waals surface area (Å²) >= 11 is 1.22. The predicted octanol–water partition coefficient (Wildman–Crippen LogP) is 4.00. The van der Waals surface area contributed by atoms with Crippen molar-refractivity contribution >= 4 is 28.6 Å². The van der Waals surface area contributed by atoms with Gasteiger partial charge in [-0.2, -0.15) is 0 Å². The molecular weight excluding hydrogens is 410 g/mol. The van der Waals surface area contributed by atoms with Gasteiger partial charge in [-0.3, -0.25) is 14.2 Å². The van der Waals surface area contributed by atoms with Crippen LogP contribution in [0.3, 0.4) is 0 Å². The number of carbonyl (C=O) groups excluding carboxylic acids is 1. The van der Waals surface area contributed by atoms with Gasteiger partial charge in [-0.15, -0.1) is 13.2 Å². The summed E-state index contributed by atoms with van der Waals surface area (Å²) in [6.45, 7) is 10.2. The summed E-state index contributed by atoms with van der Waals surface area (Å²) in [6.07, 6.45) is 3.35. The number of aryl methyl sites for hydroxylation is 1. The molecule has 1 amide bonds. The van der Waals surface area contributed by atoms with E-state index in [1.165, 1.54) is 16.3 Å². The van der Waals surface area contributed by atoms with Crippen LogP contribution in [0.25, 0.3) is 16.6 Å². The number of hydrogen-bond donors (Lipinski definition) is 0. The number of hydrogen-bond acceptors (Lipinski definition) is 5. The highest BCUT2D eigenvalue weighted by Gasteiger charge is 2.19. The van der Waals surface area contributed by atoms with E-state index in [0.29, 0.717) is 40.6 Å². The highest BCUT2D eigenvalue weighted by molar-refractivity contribution is 7.99. The van der Waals surface area contributed by atoms with Crippen molar-refractivity contribution in [1.29, 1.82) is 0 Å². The molecular formula is C24H25N3O3S. The average Bonchev–Trinajstić information content (AvgIpc) is 2.77. The summed E-state index contributed by atoms with van der Waals surface area (Å²) in [5.74, 6) is 0.591. The first-order valence-corrected chi connectivity index (χ1v) is 10.8. The lowest BCUT2D eigenvalue weighted by molar-refractivity contribution is -0.127. The maximum Gasteiger partial charge on any atom is 0.266 e. The van der Waals surface area contributed by atoms with Crippen molar-refractivity contribution in [2.45, 2.75) is 12.1 Å². The van der Waals surface area contributed by atoms with Gasteiger partial charge in [0.2, 0.25) is 5.91 Å². The molecule has 7 heteroatoms. The second-order valence-corrected chi connectivity index (χ2v) is 7.83. The zero-order valence-electron chi connectivity index (χ0n) is 17.7. The molecule has 0 fully saturated rings. The Labute approximate surface area is 185 Å². The Hall–Kier alpha value is -3.32. The van der Waals surface area contributed by atoms with E-state index in [0.717, 1.165) is 5.56 Å². The SMILES string of the molecule is C=CCN(CC=C)C(=O)CSc1nc2ccccc2c(=O)n1-c1cc(C)ccc1OC. The first kappa shape index (κ1) is 22.4. The molecule has 0 aliphatic rings. The third-order valence-corrected chi connectivity index (χ3v) is 5.62. The Balaban J connectivity index is 2.10. The van der Waals surface area contributed by atoms with Crippen LogP contribution < -0.4 is 10.3 Å². The number of nitrogens with zero attached hydrogens (tertiary/aromatic N) is 3. The molecule has 0 saturated carbocycles. The van der Waals surface area contributed by atoms with Crippen molar-refractivity contribution < 1.29 is 9.53 Å². The monoisotopic (exact) mass is 435 g/mol. The van der Waals surface area contributed by atoms with Gasteiger partial charge in [-0.25, -0.2) is 4.98 Å². The molecule has 6 nitrogen and oxygen atoms in total. The van der Waals surface area contributed by atoms with E-state index >= 15 is 0 Å². The number of carbonyl (C=O) groups is 1. The normalized spacial score (nSPS) is 10.6. The van der Waals surface area contributed by atoms with Crippen LogP contribution in [-0.2, 0) is 4.79 Å². The molecule has 2 aromatic carbocycles. The summed E-state index contributed by atoms with van der Waals surface area (Å²) in [5.41, 5.74) is 1.94. The Kier molecular flexibility index (Phi) is 7.31. The fourth-order valence-electron chi connectivity index (χ4n) is 3.20. The van der Waals surface area contributed by atoms with E-state index in [9.17, 15) is 9.59 Å². The van der Waals surface area contributed by atoms with Crippen molar-refractivity contribution in [3.8, 4) is 11.4 Å². The van der Waals surface area contributed by atoms with Gasteiger partial charge >= 0.3 is 0 Å². The largest absolute Gasteiger partial charge is 0.495 e. The van der Waals surface area contributed by atoms with Crippen LogP contribution in [0, 0.1) is 6.92 Å². The van der Waals surface area contributed by atoms with Crippen molar-refractivity contribution in [3.05, 3.63) is 83.7 Å². The van der Waals surface area contributed by atoms with Crippen molar-refractivity contribution in [2.24, 2.45) is 0 Å². The standard InChI is InChI=1S/C24H25N3O3S/c1-5-13-26(14-6-2)22(28)16-31-24-25-19-10-8-7-9-18(19)23(29)27(24)20-15-17(3)11-12-21(20)30-4/h5-12,15H,1-2,13-14,16H2,3-4H3. The highest BCUT2D eigenvalue weighted by atomic mass is 32.2. The van der Waals surface area contributed by atoms with E-state index in [1.807, 2.05) is 37.3 Å². The molecule has 0 spiro atoms. The molecule has 0 aliphatic heterocycles. The van der Waals surface area contributed by atoms with Crippen LogP contribution in [0.2, 0.25) is 0 Å². The molecule has 31 heavy (non-hydrogen) atoms. The Morgan fingerprint density at radius 2 is 1.90 bits per heavy atom. The fourth-order valence-corrected chi connectivity index (χ4v) is 4.11. The number of thioether (sulfide) groups is 1. The lowest BCUT2D eigenvalue weighted by Crippen LogP contribution is -2.33. The predicted molar refractivity (Wildman–Crippen MR) is 126 cm³/mol. The minimum Gasteiger partial charge on any atom is -0.495 e. The van der Waals surface area contributed by atoms with E-state index in [-0.39, 0.29) is 17.2 Å². The van der Waals surface area contributed by atoms with Gasteiger partial charge < -0.3 is 9.64 Å². The van der Waals surface area contributed by atoms with Gasteiger partial charge in [0.25, 0.3) is 5.56 Å². The van der Waals surface area contributed by atoms with Gasteiger partial charge in [0.05, 0.1) is 29.5 Å². The van der Waals surface area contributed by atoms with Gasteiger partial charge in [0.15, 0.2) is 5.16 Å². The Bertz CT molecular complexity index is 1180.